The van der Waals surface area contributed by atoms with Crippen molar-refractivity contribution in [2.45, 2.75) is 80.6 Å². The zero-order valence-electron chi connectivity index (χ0n) is 25.8. The average Bonchev–Trinajstić information content (AvgIpc) is 2.86. The first-order valence-electron chi connectivity index (χ1n) is 14.1. The van der Waals surface area contributed by atoms with Crippen molar-refractivity contribution in [1.82, 2.24) is 0 Å². The summed E-state index contributed by atoms with van der Waals surface area (Å²) in [4.78, 5) is 0. The van der Waals surface area contributed by atoms with E-state index in [0.717, 1.165) is 16.7 Å². The fourth-order valence-corrected chi connectivity index (χ4v) is 13.8. The minimum Gasteiger partial charge on any atom is -0.422 e. The summed E-state index contributed by atoms with van der Waals surface area (Å²) in [6, 6.07) is 23.0. The Labute approximate surface area is 250 Å². The molecule has 0 spiro atoms. The van der Waals surface area contributed by atoms with Crippen LogP contribution in [-0.4, -0.2) is 18.3 Å². The van der Waals surface area contributed by atoms with Gasteiger partial charge in [-0.3, -0.25) is 13.6 Å². The molecule has 0 saturated heterocycles. The maximum absolute atomic E-state index is 6.73. The molecule has 1 aliphatic heterocycles. The number of rotatable bonds is 12. The lowest BCUT2D eigenvalue weighted by molar-refractivity contribution is 0.219. The summed E-state index contributed by atoms with van der Waals surface area (Å²) in [5.74, 6) is 1.74. The monoisotopic (exact) mass is 633 g/mol. The summed E-state index contributed by atoms with van der Waals surface area (Å²) in [5.41, 5.74) is 2.71. The van der Waals surface area contributed by atoms with Gasteiger partial charge in [-0.25, -0.2) is 0 Å². The average molecular weight is 634 g/mol. The molecule has 0 unspecified atom stereocenters. The zero-order chi connectivity index (χ0) is 30.5. The Kier molecular flexibility index (Phi) is 10.5. The van der Waals surface area contributed by atoms with Crippen molar-refractivity contribution in [2.24, 2.45) is 13.5 Å². The number of hydrogen-bond acceptors (Lipinski definition) is 9. The molecule has 12 heteroatoms. The molecule has 3 aromatic rings. The predicted octanol–water partition coefficient (Wildman–Crippen LogP) is 11.3. The lowest BCUT2D eigenvalue weighted by Crippen LogP contribution is -2.13. The van der Waals surface area contributed by atoms with Gasteiger partial charge < -0.3 is 13.6 Å². The van der Waals surface area contributed by atoms with Crippen LogP contribution in [0.5, 0.6) is 17.2 Å². The number of aryl methyl sites for hydroxylation is 3. The fraction of sp³-hybridized carbons (Fsp3) is 0.400. The molecule has 0 aliphatic carbocycles. The molecule has 0 saturated carbocycles. The Balaban J connectivity index is 2.11. The summed E-state index contributed by atoms with van der Waals surface area (Å²) in [5, 5.41) is 0. The second kappa shape index (κ2) is 13.5. The van der Waals surface area contributed by atoms with Crippen LogP contribution in [0.25, 0.3) is 0 Å². The number of nitrogens with zero attached hydrogens (tertiary/aromatic N) is 3. The van der Waals surface area contributed by atoms with Crippen molar-refractivity contribution in [1.29, 1.82) is 0 Å². The molecule has 1 heterocycles. The molecule has 3 aromatic carbocycles. The maximum Gasteiger partial charge on any atom is 0.404 e. The van der Waals surface area contributed by atoms with Crippen molar-refractivity contribution in [3.8, 4) is 17.2 Å². The third-order valence-corrected chi connectivity index (χ3v) is 14.5. The van der Waals surface area contributed by atoms with Gasteiger partial charge in [0, 0.05) is 0 Å². The van der Waals surface area contributed by atoms with Crippen molar-refractivity contribution in [3.05, 3.63) is 89.5 Å². The van der Waals surface area contributed by atoms with E-state index in [4.69, 9.17) is 40.7 Å². The van der Waals surface area contributed by atoms with E-state index < -0.39 is 23.0 Å². The van der Waals surface area contributed by atoms with Gasteiger partial charge in [-0.05, 0) is 97.2 Å². The number of para-hydroxylation sites is 3. The largest absolute Gasteiger partial charge is 0.422 e. The standard InChI is InChI=1S/C30H42N3O6P3/c1-22(2)34-40(37-28-19-13-10-16-25(28)7)31-41(35-23(3)4,38-29-20-14-11-17-26(29)8)33-42(32-40,36-24(5)6)39-30-21-15-12-18-27(30)9/h10-24H,1-9H3. The molecular formula is C30H42N3O6P3. The summed E-state index contributed by atoms with van der Waals surface area (Å²) in [7, 11) is -10.8. The first-order chi connectivity index (χ1) is 19.8. The topological polar surface area (TPSA) is 92.5 Å². The lowest BCUT2D eigenvalue weighted by Gasteiger charge is -2.35. The van der Waals surface area contributed by atoms with Crippen molar-refractivity contribution in [3.63, 3.8) is 0 Å². The van der Waals surface area contributed by atoms with E-state index in [-0.39, 0.29) is 18.3 Å². The van der Waals surface area contributed by atoms with Crippen LogP contribution in [0.3, 0.4) is 0 Å². The molecule has 0 radical (unpaired) electrons. The van der Waals surface area contributed by atoms with Gasteiger partial charge in [0.05, 0.1) is 18.3 Å². The van der Waals surface area contributed by atoms with Crippen LogP contribution in [0.1, 0.15) is 58.2 Å². The quantitative estimate of drug-likeness (QED) is 0.184. The van der Waals surface area contributed by atoms with Crippen LogP contribution in [0.4, 0.5) is 0 Å². The van der Waals surface area contributed by atoms with Gasteiger partial charge in [0.1, 0.15) is 17.2 Å². The number of benzene rings is 3. The summed E-state index contributed by atoms with van der Waals surface area (Å²) >= 11 is 0. The predicted molar refractivity (Wildman–Crippen MR) is 172 cm³/mol. The van der Waals surface area contributed by atoms with Gasteiger partial charge in [-0.1, -0.05) is 54.6 Å². The van der Waals surface area contributed by atoms with E-state index in [1.807, 2.05) is 135 Å². The SMILES string of the molecule is Cc1ccccc1OP1(OC(C)C)=NP(Oc2ccccc2C)(OC(C)C)=NP(Oc2ccccc2C)(OC(C)C)=N1. The van der Waals surface area contributed by atoms with Crippen LogP contribution in [0, 0.1) is 20.8 Å². The molecule has 0 bridgehead atoms. The molecule has 42 heavy (non-hydrogen) atoms. The molecule has 0 atom stereocenters. The smallest absolute Gasteiger partial charge is 0.404 e. The van der Waals surface area contributed by atoms with E-state index in [1.165, 1.54) is 0 Å². The highest BCUT2D eigenvalue weighted by Crippen LogP contribution is 2.80. The highest BCUT2D eigenvalue weighted by Gasteiger charge is 2.47. The minimum atomic E-state index is -3.60. The summed E-state index contributed by atoms with van der Waals surface area (Å²) in [6.07, 6.45) is -0.940. The van der Waals surface area contributed by atoms with Gasteiger partial charge in [-0.15, -0.1) is 13.5 Å². The van der Waals surface area contributed by atoms with Crippen molar-refractivity contribution in [2.75, 3.05) is 0 Å². The van der Waals surface area contributed by atoms with E-state index in [0.29, 0.717) is 17.2 Å². The van der Waals surface area contributed by atoms with Gasteiger partial charge in [0.25, 0.3) is 0 Å². The number of hydrogen-bond donors (Lipinski definition) is 0. The van der Waals surface area contributed by atoms with Crippen molar-refractivity contribution >= 4 is 23.0 Å². The first kappa shape index (κ1) is 32.5. The van der Waals surface area contributed by atoms with Crippen molar-refractivity contribution < 1.29 is 27.1 Å². The highest BCUT2D eigenvalue weighted by molar-refractivity contribution is 7.78. The van der Waals surface area contributed by atoms with Gasteiger partial charge in [0.2, 0.25) is 0 Å². The first-order valence-corrected chi connectivity index (χ1v) is 18.7. The third kappa shape index (κ3) is 8.17. The van der Waals surface area contributed by atoms with Gasteiger partial charge >= 0.3 is 23.0 Å². The normalized spacial score (nSPS) is 23.7. The van der Waals surface area contributed by atoms with E-state index in [1.54, 1.807) is 0 Å². The van der Waals surface area contributed by atoms with Gasteiger partial charge in [-0.2, -0.15) is 0 Å². The molecule has 4 rings (SSSR count). The third-order valence-electron chi connectivity index (χ3n) is 5.66. The Morgan fingerprint density at radius 3 is 0.881 bits per heavy atom. The highest BCUT2D eigenvalue weighted by atomic mass is 31.3. The molecule has 0 N–H and O–H groups in total. The maximum atomic E-state index is 6.73. The Hall–Kier alpha value is -2.37. The van der Waals surface area contributed by atoms with Crippen LogP contribution in [0.2, 0.25) is 0 Å². The van der Waals surface area contributed by atoms with Crippen LogP contribution in [0.15, 0.2) is 86.3 Å². The van der Waals surface area contributed by atoms with E-state index in [2.05, 4.69) is 0 Å². The minimum absolute atomic E-state index is 0.313. The molecular weight excluding hydrogens is 591 g/mol. The second-order valence-electron chi connectivity index (χ2n) is 10.8. The fourth-order valence-electron chi connectivity index (χ4n) is 3.97. The second-order valence-corrected chi connectivity index (χ2v) is 17.0. The van der Waals surface area contributed by atoms with Crippen LogP contribution >= 0.6 is 23.0 Å². The zero-order valence-corrected chi connectivity index (χ0v) is 28.5. The molecule has 0 aromatic heterocycles. The van der Waals surface area contributed by atoms with E-state index >= 15 is 0 Å². The molecule has 228 valence electrons. The summed E-state index contributed by atoms with van der Waals surface area (Å²) < 4.78 is 55.3. The molecule has 9 nitrogen and oxygen atoms in total. The molecule has 0 amide bonds. The Morgan fingerprint density at radius 1 is 0.429 bits per heavy atom. The lowest BCUT2D eigenvalue weighted by atomic mass is 10.2. The molecule has 0 fully saturated rings. The molecule has 1 aliphatic rings. The summed E-state index contributed by atoms with van der Waals surface area (Å²) in [6.45, 7) is 17.4. The van der Waals surface area contributed by atoms with Gasteiger partial charge in [0.15, 0.2) is 0 Å². The Bertz CT molecular complexity index is 1370. The van der Waals surface area contributed by atoms with Crippen LogP contribution in [-0.2, 0) is 13.6 Å². The van der Waals surface area contributed by atoms with E-state index in [9.17, 15) is 0 Å². The van der Waals surface area contributed by atoms with Crippen LogP contribution < -0.4 is 13.6 Å². The Morgan fingerprint density at radius 2 is 0.667 bits per heavy atom.